The van der Waals surface area contributed by atoms with E-state index in [1.165, 1.54) is 0 Å². The predicted octanol–water partition coefficient (Wildman–Crippen LogP) is 1.69. The number of carbonyl (C=O) groups excluding carboxylic acids is 1. The van der Waals surface area contributed by atoms with Gasteiger partial charge in [-0.05, 0) is 33.6 Å². The summed E-state index contributed by atoms with van der Waals surface area (Å²) in [7, 11) is 0. The standard InChI is InChI=1S/C12H19NO3/c1-5-10-7-6-9(8-15-10)13-11(14)16-12(2,3)4/h1,9-10H,6-8H2,2-4H3,(H,13,14)/t9-,10-/m1/s1. The average molecular weight is 225 g/mol. The molecule has 0 radical (unpaired) electrons. The van der Waals surface area contributed by atoms with Crippen LogP contribution in [0.25, 0.3) is 0 Å². The lowest BCUT2D eigenvalue weighted by atomic mass is 10.1. The number of nitrogens with one attached hydrogen (secondary N) is 1. The lowest BCUT2D eigenvalue weighted by Gasteiger charge is -2.28. The minimum atomic E-state index is -0.471. The van der Waals surface area contributed by atoms with E-state index < -0.39 is 11.7 Å². The first kappa shape index (κ1) is 12.9. The molecule has 1 saturated heterocycles. The molecular weight excluding hydrogens is 206 g/mol. The Bertz CT molecular complexity index is 280. The molecule has 4 nitrogen and oxygen atoms in total. The van der Waals surface area contributed by atoms with Crippen molar-refractivity contribution in [1.82, 2.24) is 5.32 Å². The second kappa shape index (κ2) is 5.22. The number of hydrogen-bond donors (Lipinski definition) is 1. The molecule has 0 saturated carbocycles. The van der Waals surface area contributed by atoms with Crippen LogP contribution in [0.3, 0.4) is 0 Å². The van der Waals surface area contributed by atoms with Gasteiger partial charge in [0.2, 0.25) is 0 Å². The van der Waals surface area contributed by atoms with Gasteiger partial charge in [0.05, 0.1) is 12.6 Å². The highest BCUT2D eigenvalue weighted by atomic mass is 16.6. The molecule has 1 rings (SSSR count). The van der Waals surface area contributed by atoms with Gasteiger partial charge < -0.3 is 14.8 Å². The Labute approximate surface area is 96.7 Å². The number of ether oxygens (including phenoxy) is 2. The van der Waals surface area contributed by atoms with E-state index >= 15 is 0 Å². The summed E-state index contributed by atoms with van der Waals surface area (Å²) >= 11 is 0. The number of carbonyl (C=O) groups is 1. The van der Waals surface area contributed by atoms with Crippen LogP contribution in [0.5, 0.6) is 0 Å². The monoisotopic (exact) mass is 225 g/mol. The number of terminal acetylenes is 1. The molecule has 16 heavy (non-hydrogen) atoms. The average Bonchev–Trinajstić information content (AvgIpc) is 2.16. The van der Waals surface area contributed by atoms with Gasteiger partial charge in [-0.25, -0.2) is 4.79 Å². The SMILES string of the molecule is C#C[C@@H]1CC[C@@H](NC(=O)OC(C)(C)C)CO1. The van der Waals surface area contributed by atoms with E-state index in [4.69, 9.17) is 15.9 Å². The molecule has 1 amide bonds. The summed E-state index contributed by atoms with van der Waals surface area (Å²) in [5, 5.41) is 2.77. The Morgan fingerprint density at radius 3 is 2.62 bits per heavy atom. The summed E-state index contributed by atoms with van der Waals surface area (Å²) in [5.41, 5.74) is -0.471. The van der Waals surface area contributed by atoms with E-state index in [9.17, 15) is 4.79 Å². The maximum absolute atomic E-state index is 11.4. The zero-order valence-corrected chi connectivity index (χ0v) is 10.1. The Morgan fingerprint density at radius 2 is 2.19 bits per heavy atom. The molecule has 0 aromatic carbocycles. The van der Waals surface area contributed by atoms with E-state index in [1.807, 2.05) is 20.8 Å². The first-order valence-corrected chi connectivity index (χ1v) is 5.48. The van der Waals surface area contributed by atoms with Crippen LogP contribution in [0.2, 0.25) is 0 Å². The Kier molecular flexibility index (Phi) is 4.19. The quantitative estimate of drug-likeness (QED) is 0.691. The molecule has 0 aliphatic carbocycles. The second-order valence-corrected chi connectivity index (χ2v) is 4.91. The number of alkyl carbamates (subject to hydrolysis) is 1. The third-order valence-electron chi connectivity index (χ3n) is 2.18. The van der Waals surface area contributed by atoms with Crippen LogP contribution < -0.4 is 5.32 Å². The molecular formula is C12H19NO3. The molecule has 0 aromatic heterocycles. The lowest BCUT2D eigenvalue weighted by Crippen LogP contribution is -2.44. The summed E-state index contributed by atoms with van der Waals surface area (Å²) in [6.07, 6.45) is 6.33. The van der Waals surface area contributed by atoms with Crippen molar-refractivity contribution >= 4 is 6.09 Å². The number of rotatable bonds is 1. The minimum Gasteiger partial charge on any atom is -0.444 e. The van der Waals surface area contributed by atoms with E-state index in [-0.39, 0.29) is 12.1 Å². The van der Waals surface area contributed by atoms with Crippen molar-refractivity contribution in [3.63, 3.8) is 0 Å². The van der Waals surface area contributed by atoms with Crippen molar-refractivity contribution in [2.45, 2.75) is 51.4 Å². The second-order valence-electron chi connectivity index (χ2n) is 4.91. The van der Waals surface area contributed by atoms with Crippen LogP contribution in [0.1, 0.15) is 33.6 Å². The first-order chi connectivity index (χ1) is 7.40. The van der Waals surface area contributed by atoms with Crippen molar-refractivity contribution in [2.24, 2.45) is 0 Å². The molecule has 90 valence electrons. The summed E-state index contributed by atoms with van der Waals surface area (Å²) in [6.45, 7) is 5.95. The van der Waals surface area contributed by atoms with E-state index in [0.29, 0.717) is 6.61 Å². The number of amides is 1. The van der Waals surface area contributed by atoms with Crippen molar-refractivity contribution in [3.05, 3.63) is 0 Å². The topological polar surface area (TPSA) is 47.6 Å². The Hall–Kier alpha value is -1.21. The van der Waals surface area contributed by atoms with Crippen LogP contribution >= 0.6 is 0 Å². The van der Waals surface area contributed by atoms with E-state index in [1.54, 1.807) is 0 Å². The van der Waals surface area contributed by atoms with Crippen molar-refractivity contribution in [2.75, 3.05) is 6.61 Å². The fourth-order valence-corrected chi connectivity index (χ4v) is 1.47. The Balaban J connectivity index is 2.29. The summed E-state index contributed by atoms with van der Waals surface area (Å²) in [4.78, 5) is 11.4. The molecule has 0 bridgehead atoms. The molecule has 1 heterocycles. The predicted molar refractivity (Wildman–Crippen MR) is 61.0 cm³/mol. The van der Waals surface area contributed by atoms with Crippen LogP contribution in [0.4, 0.5) is 4.79 Å². The lowest BCUT2D eigenvalue weighted by molar-refractivity contribution is 0.0169. The molecule has 1 aliphatic rings. The molecule has 1 aliphatic heterocycles. The van der Waals surface area contributed by atoms with Crippen molar-refractivity contribution < 1.29 is 14.3 Å². The normalized spacial score (nSPS) is 25.6. The zero-order chi connectivity index (χ0) is 12.2. The Morgan fingerprint density at radius 1 is 1.50 bits per heavy atom. The van der Waals surface area contributed by atoms with E-state index in [2.05, 4.69) is 11.2 Å². The molecule has 1 fully saturated rings. The highest BCUT2D eigenvalue weighted by molar-refractivity contribution is 5.68. The van der Waals surface area contributed by atoms with Gasteiger partial charge in [0.15, 0.2) is 0 Å². The zero-order valence-electron chi connectivity index (χ0n) is 10.1. The van der Waals surface area contributed by atoms with Crippen LogP contribution in [-0.2, 0) is 9.47 Å². The van der Waals surface area contributed by atoms with Gasteiger partial charge in [-0.2, -0.15) is 0 Å². The molecule has 0 aromatic rings. The van der Waals surface area contributed by atoms with Crippen LogP contribution in [-0.4, -0.2) is 30.4 Å². The fraction of sp³-hybridized carbons (Fsp3) is 0.750. The molecule has 0 spiro atoms. The van der Waals surface area contributed by atoms with Gasteiger partial charge in [-0.1, -0.05) is 5.92 Å². The van der Waals surface area contributed by atoms with E-state index in [0.717, 1.165) is 12.8 Å². The minimum absolute atomic E-state index is 0.000509. The van der Waals surface area contributed by atoms with Gasteiger partial charge in [0.1, 0.15) is 11.7 Å². The van der Waals surface area contributed by atoms with Gasteiger partial charge in [0, 0.05) is 0 Å². The number of hydrogen-bond acceptors (Lipinski definition) is 3. The summed E-state index contributed by atoms with van der Waals surface area (Å²) in [6, 6.07) is -0.000509. The largest absolute Gasteiger partial charge is 0.444 e. The molecule has 2 atom stereocenters. The van der Waals surface area contributed by atoms with Crippen molar-refractivity contribution in [3.8, 4) is 12.3 Å². The third-order valence-corrected chi connectivity index (χ3v) is 2.18. The smallest absolute Gasteiger partial charge is 0.407 e. The molecule has 0 unspecified atom stereocenters. The maximum Gasteiger partial charge on any atom is 0.407 e. The molecule has 4 heteroatoms. The highest BCUT2D eigenvalue weighted by Gasteiger charge is 2.24. The molecule has 1 N–H and O–H groups in total. The van der Waals surface area contributed by atoms with Crippen LogP contribution in [0, 0.1) is 12.3 Å². The summed E-state index contributed by atoms with van der Waals surface area (Å²) in [5.74, 6) is 2.55. The van der Waals surface area contributed by atoms with Gasteiger partial charge in [-0.15, -0.1) is 6.42 Å². The third kappa shape index (κ3) is 4.54. The van der Waals surface area contributed by atoms with Crippen LogP contribution in [0.15, 0.2) is 0 Å². The maximum atomic E-state index is 11.4. The van der Waals surface area contributed by atoms with Crippen molar-refractivity contribution in [1.29, 1.82) is 0 Å². The van der Waals surface area contributed by atoms with Gasteiger partial charge >= 0.3 is 6.09 Å². The highest BCUT2D eigenvalue weighted by Crippen LogP contribution is 2.14. The van der Waals surface area contributed by atoms with Gasteiger partial charge in [0.25, 0.3) is 0 Å². The fourth-order valence-electron chi connectivity index (χ4n) is 1.47. The van der Waals surface area contributed by atoms with Gasteiger partial charge in [-0.3, -0.25) is 0 Å². The first-order valence-electron chi connectivity index (χ1n) is 5.48. The summed E-state index contributed by atoms with van der Waals surface area (Å²) < 4.78 is 10.5.